The van der Waals surface area contributed by atoms with Gasteiger partial charge in [0.2, 0.25) is 0 Å². The van der Waals surface area contributed by atoms with E-state index < -0.39 is 0 Å². The molecule has 3 heteroatoms. The number of hydrogen-bond acceptors (Lipinski definition) is 3. The standard InChI is InChI=1S/C14H21N3/c1-16(2)11-7-13-17(12-6-10-15)14-8-4-3-5-9-14/h3-5,8-9H,6-7,11-13H2,1-2H3. The molecule has 92 valence electrons. The minimum absolute atomic E-state index is 0.580. The number of nitriles is 1. The van der Waals surface area contributed by atoms with E-state index in [0.29, 0.717) is 6.42 Å². The average molecular weight is 231 g/mol. The van der Waals surface area contributed by atoms with E-state index in [4.69, 9.17) is 5.26 Å². The van der Waals surface area contributed by atoms with Crippen molar-refractivity contribution in [1.82, 2.24) is 4.90 Å². The molecule has 0 aliphatic heterocycles. The lowest BCUT2D eigenvalue weighted by molar-refractivity contribution is 0.400. The number of nitrogens with zero attached hydrogens (tertiary/aromatic N) is 3. The SMILES string of the molecule is CN(C)CCCN(CCC#N)c1ccccc1. The Morgan fingerprint density at radius 2 is 1.76 bits per heavy atom. The largest absolute Gasteiger partial charge is 0.370 e. The van der Waals surface area contributed by atoms with Crippen LogP contribution in [0.3, 0.4) is 0 Å². The fraction of sp³-hybridized carbons (Fsp3) is 0.500. The van der Waals surface area contributed by atoms with Crippen molar-refractivity contribution in [1.29, 1.82) is 5.26 Å². The number of para-hydroxylation sites is 1. The van der Waals surface area contributed by atoms with Crippen LogP contribution in [0.2, 0.25) is 0 Å². The molecule has 0 bridgehead atoms. The first-order chi connectivity index (χ1) is 8.24. The van der Waals surface area contributed by atoms with E-state index in [9.17, 15) is 0 Å². The molecule has 17 heavy (non-hydrogen) atoms. The number of rotatable bonds is 7. The Balaban J connectivity index is 2.52. The highest BCUT2D eigenvalue weighted by Crippen LogP contribution is 2.13. The first kappa shape index (κ1) is 13.5. The molecule has 0 N–H and O–H groups in total. The zero-order chi connectivity index (χ0) is 12.5. The van der Waals surface area contributed by atoms with Gasteiger partial charge in [-0.15, -0.1) is 0 Å². The first-order valence-electron chi connectivity index (χ1n) is 6.05. The van der Waals surface area contributed by atoms with Crippen LogP contribution in [0.15, 0.2) is 30.3 Å². The maximum atomic E-state index is 8.69. The maximum Gasteiger partial charge on any atom is 0.0640 e. The topological polar surface area (TPSA) is 30.3 Å². The fourth-order valence-electron chi connectivity index (χ4n) is 1.77. The van der Waals surface area contributed by atoms with Crippen molar-refractivity contribution in [3.05, 3.63) is 30.3 Å². The quantitative estimate of drug-likeness (QED) is 0.721. The third-order valence-electron chi connectivity index (χ3n) is 2.65. The zero-order valence-electron chi connectivity index (χ0n) is 10.8. The summed E-state index contributed by atoms with van der Waals surface area (Å²) in [5.74, 6) is 0. The van der Waals surface area contributed by atoms with Gasteiger partial charge in [0.25, 0.3) is 0 Å². The molecule has 0 saturated carbocycles. The van der Waals surface area contributed by atoms with Crippen molar-refractivity contribution in [2.75, 3.05) is 38.6 Å². The summed E-state index contributed by atoms with van der Waals surface area (Å²) in [7, 11) is 4.17. The number of anilines is 1. The van der Waals surface area contributed by atoms with Crippen LogP contribution in [0.4, 0.5) is 5.69 Å². The molecule has 3 nitrogen and oxygen atoms in total. The van der Waals surface area contributed by atoms with Crippen LogP contribution >= 0.6 is 0 Å². The summed E-state index contributed by atoms with van der Waals surface area (Å²) in [6.07, 6.45) is 1.70. The van der Waals surface area contributed by atoms with Crippen LogP contribution in [-0.2, 0) is 0 Å². The summed E-state index contributed by atoms with van der Waals surface area (Å²) in [6, 6.07) is 12.5. The second kappa shape index (κ2) is 7.70. The van der Waals surface area contributed by atoms with Gasteiger partial charge in [0.15, 0.2) is 0 Å². The van der Waals surface area contributed by atoms with Gasteiger partial charge < -0.3 is 9.80 Å². The van der Waals surface area contributed by atoms with Gasteiger partial charge in [0.05, 0.1) is 12.5 Å². The van der Waals surface area contributed by atoms with Crippen LogP contribution < -0.4 is 4.90 Å². The summed E-state index contributed by atoms with van der Waals surface area (Å²) in [4.78, 5) is 4.47. The monoisotopic (exact) mass is 231 g/mol. The van der Waals surface area contributed by atoms with Crippen molar-refractivity contribution >= 4 is 5.69 Å². The van der Waals surface area contributed by atoms with Gasteiger partial charge >= 0.3 is 0 Å². The summed E-state index contributed by atoms with van der Waals surface area (Å²) in [5, 5.41) is 8.69. The second-order valence-electron chi connectivity index (χ2n) is 4.39. The normalized spacial score (nSPS) is 10.2. The van der Waals surface area contributed by atoms with E-state index in [1.807, 2.05) is 18.2 Å². The smallest absolute Gasteiger partial charge is 0.0640 e. The Morgan fingerprint density at radius 1 is 1.06 bits per heavy atom. The van der Waals surface area contributed by atoms with E-state index in [0.717, 1.165) is 26.1 Å². The highest BCUT2D eigenvalue weighted by Gasteiger charge is 2.05. The lowest BCUT2D eigenvalue weighted by atomic mass is 10.2. The van der Waals surface area contributed by atoms with Crippen LogP contribution in [0.5, 0.6) is 0 Å². The Labute approximate surface area is 104 Å². The lowest BCUT2D eigenvalue weighted by Gasteiger charge is -2.24. The molecule has 0 aliphatic carbocycles. The summed E-state index contributed by atoms with van der Waals surface area (Å²) in [6.45, 7) is 2.90. The van der Waals surface area contributed by atoms with Gasteiger partial charge in [-0.3, -0.25) is 0 Å². The van der Waals surface area contributed by atoms with Gasteiger partial charge in [-0.2, -0.15) is 5.26 Å². The minimum Gasteiger partial charge on any atom is -0.370 e. The van der Waals surface area contributed by atoms with E-state index in [1.165, 1.54) is 5.69 Å². The zero-order valence-corrected chi connectivity index (χ0v) is 10.8. The lowest BCUT2D eigenvalue weighted by Crippen LogP contribution is -2.28. The van der Waals surface area contributed by atoms with Crippen molar-refractivity contribution in [2.45, 2.75) is 12.8 Å². The molecule has 0 radical (unpaired) electrons. The van der Waals surface area contributed by atoms with Crippen LogP contribution in [0.1, 0.15) is 12.8 Å². The molecule has 0 spiro atoms. The highest BCUT2D eigenvalue weighted by molar-refractivity contribution is 5.45. The molecule has 0 aromatic heterocycles. The van der Waals surface area contributed by atoms with Crippen molar-refractivity contribution in [3.63, 3.8) is 0 Å². The maximum absolute atomic E-state index is 8.69. The predicted octanol–water partition coefficient (Wildman–Crippen LogP) is 2.36. The third-order valence-corrected chi connectivity index (χ3v) is 2.65. The van der Waals surface area contributed by atoms with E-state index >= 15 is 0 Å². The Bertz CT molecular complexity index is 340. The predicted molar refractivity (Wildman–Crippen MR) is 72.1 cm³/mol. The molecular weight excluding hydrogens is 210 g/mol. The summed E-state index contributed by atoms with van der Waals surface area (Å²) >= 11 is 0. The Kier molecular flexibility index (Phi) is 6.13. The number of hydrogen-bond donors (Lipinski definition) is 0. The second-order valence-corrected chi connectivity index (χ2v) is 4.39. The molecular formula is C14H21N3. The van der Waals surface area contributed by atoms with Crippen LogP contribution in [-0.4, -0.2) is 38.6 Å². The highest BCUT2D eigenvalue weighted by atomic mass is 15.1. The van der Waals surface area contributed by atoms with E-state index in [2.05, 4.69) is 42.1 Å². The van der Waals surface area contributed by atoms with Crippen LogP contribution in [0, 0.1) is 11.3 Å². The van der Waals surface area contributed by atoms with E-state index in [1.54, 1.807) is 0 Å². The van der Waals surface area contributed by atoms with Crippen molar-refractivity contribution in [3.8, 4) is 6.07 Å². The van der Waals surface area contributed by atoms with Crippen molar-refractivity contribution < 1.29 is 0 Å². The third kappa shape index (κ3) is 5.37. The molecule has 0 unspecified atom stereocenters. The molecule has 0 saturated heterocycles. The molecule has 0 atom stereocenters. The van der Waals surface area contributed by atoms with Gasteiger partial charge in [-0.05, 0) is 39.2 Å². The van der Waals surface area contributed by atoms with Gasteiger partial charge in [0, 0.05) is 18.8 Å². The molecule has 1 rings (SSSR count). The van der Waals surface area contributed by atoms with Gasteiger partial charge in [-0.1, -0.05) is 18.2 Å². The minimum atomic E-state index is 0.580. The molecule has 0 amide bonds. The first-order valence-corrected chi connectivity index (χ1v) is 6.05. The summed E-state index contributed by atoms with van der Waals surface area (Å²) < 4.78 is 0. The molecule has 0 aliphatic rings. The Hall–Kier alpha value is -1.53. The Morgan fingerprint density at radius 3 is 2.35 bits per heavy atom. The molecule has 1 aromatic carbocycles. The average Bonchev–Trinajstić information content (AvgIpc) is 2.34. The van der Waals surface area contributed by atoms with Gasteiger partial charge in [-0.25, -0.2) is 0 Å². The molecule has 1 aromatic rings. The fourth-order valence-corrected chi connectivity index (χ4v) is 1.77. The van der Waals surface area contributed by atoms with Crippen LogP contribution in [0.25, 0.3) is 0 Å². The molecule has 0 heterocycles. The van der Waals surface area contributed by atoms with Crippen molar-refractivity contribution in [2.24, 2.45) is 0 Å². The van der Waals surface area contributed by atoms with Gasteiger partial charge in [0.1, 0.15) is 0 Å². The molecule has 0 fully saturated rings. The van der Waals surface area contributed by atoms with E-state index in [-0.39, 0.29) is 0 Å². The number of benzene rings is 1. The summed E-state index contributed by atoms with van der Waals surface area (Å²) in [5.41, 5.74) is 1.21.